The van der Waals surface area contributed by atoms with E-state index in [2.05, 4.69) is 17.4 Å². The van der Waals surface area contributed by atoms with Crippen LogP contribution in [0.3, 0.4) is 0 Å². The molecule has 0 unspecified atom stereocenters. The molecule has 2 aromatic carbocycles. The zero-order chi connectivity index (χ0) is 16.2. The predicted molar refractivity (Wildman–Crippen MR) is 93.1 cm³/mol. The number of fused-ring (bicyclic) bond motifs is 1. The zero-order valence-electron chi connectivity index (χ0n) is 13.8. The van der Waals surface area contributed by atoms with E-state index in [0.717, 1.165) is 35.4 Å². The highest BCUT2D eigenvalue weighted by Gasteiger charge is 2.11. The van der Waals surface area contributed by atoms with Crippen LogP contribution in [0.15, 0.2) is 36.4 Å². The lowest BCUT2D eigenvalue weighted by Crippen LogP contribution is -2.20. The molecule has 23 heavy (non-hydrogen) atoms. The van der Waals surface area contributed by atoms with Crippen molar-refractivity contribution in [1.29, 1.82) is 0 Å². The first kappa shape index (κ1) is 15.6. The first-order chi connectivity index (χ1) is 11.1. The first-order valence-corrected chi connectivity index (χ1v) is 8.23. The van der Waals surface area contributed by atoms with Crippen LogP contribution in [0.1, 0.15) is 35.1 Å². The summed E-state index contributed by atoms with van der Waals surface area (Å²) in [6, 6.07) is 12.2. The second kappa shape index (κ2) is 6.86. The molecule has 1 N–H and O–H groups in total. The van der Waals surface area contributed by atoms with E-state index >= 15 is 0 Å². The van der Waals surface area contributed by atoms with Gasteiger partial charge in [0.1, 0.15) is 5.75 Å². The molecule has 1 aliphatic rings. The van der Waals surface area contributed by atoms with Crippen molar-refractivity contribution in [2.75, 3.05) is 11.9 Å². The number of aryl methyl sites for hydroxylation is 4. The van der Waals surface area contributed by atoms with Crippen molar-refractivity contribution in [1.82, 2.24) is 0 Å². The summed E-state index contributed by atoms with van der Waals surface area (Å²) in [6.45, 7) is 4.03. The van der Waals surface area contributed by atoms with E-state index in [0.29, 0.717) is 0 Å². The average Bonchev–Trinajstić information content (AvgIpc) is 2.56. The lowest BCUT2D eigenvalue weighted by molar-refractivity contribution is -0.118. The van der Waals surface area contributed by atoms with Crippen LogP contribution in [0.4, 0.5) is 5.69 Å². The Hall–Kier alpha value is -2.29. The second-order valence-electron chi connectivity index (χ2n) is 6.29. The minimum absolute atomic E-state index is 0.0339. The molecule has 3 rings (SSSR count). The van der Waals surface area contributed by atoms with Crippen LogP contribution in [-0.4, -0.2) is 12.5 Å². The number of hydrogen-bond acceptors (Lipinski definition) is 2. The Labute approximate surface area is 137 Å². The fourth-order valence-electron chi connectivity index (χ4n) is 3.01. The number of carbonyl (C=O) groups is 1. The van der Waals surface area contributed by atoms with E-state index in [1.54, 1.807) is 0 Å². The molecule has 0 saturated carbocycles. The lowest BCUT2D eigenvalue weighted by Gasteiger charge is -2.17. The molecule has 3 nitrogen and oxygen atoms in total. The summed E-state index contributed by atoms with van der Waals surface area (Å²) < 4.78 is 5.66. The largest absolute Gasteiger partial charge is 0.484 e. The quantitative estimate of drug-likeness (QED) is 0.919. The Morgan fingerprint density at radius 1 is 1.04 bits per heavy atom. The summed E-state index contributed by atoms with van der Waals surface area (Å²) in [5.74, 6) is 0.651. The third-order valence-electron chi connectivity index (χ3n) is 4.36. The first-order valence-electron chi connectivity index (χ1n) is 8.23. The van der Waals surface area contributed by atoms with Gasteiger partial charge in [0, 0.05) is 5.69 Å². The Balaban J connectivity index is 1.59. The maximum atomic E-state index is 12.1. The van der Waals surface area contributed by atoms with Crippen molar-refractivity contribution in [2.24, 2.45) is 0 Å². The normalized spacial score (nSPS) is 13.3. The van der Waals surface area contributed by atoms with Gasteiger partial charge in [0.15, 0.2) is 6.61 Å². The molecule has 0 radical (unpaired) electrons. The van der Waals surface area contributed by atoms with Crippen molar-refractivity contribution in [3.63, 3.8) is 0 Å². The molecule has 1 amide bonds. The predicted octanol–water partition coefficient (Wildman–Crippen LogP) is 4.20. The molecule has 1 aliphatic carbocycles. The van der Waals surface area contributed by atoms with Gasteiger partial charge in [-0.3, -0.25) is 4.79 Å². The van der Waals surface area contributed by atoms with Gasteiger partial charge in [-0.1, -0.05) is 18.2 Å². The van der Waals surface area contributed by atoms with Crippen molar-refractivity contribution in [3.05, 3.63) is 58.7 Å². The van der Waals surface area contributed by atoms with Crippen molar-refractivity contribution in [3.8, 4) is 5.75 Å². The summed E-state index contributed by atoms with van der Waals surface area (Å²) in [5, 5.41) is 2.92. The van der Waals surface area contributed by atoms with E-state index in [1.807, 2.05) is 38.1 Å². The van der Waals surface area contributed by atoms with Crippen LogP contribution in [0.2, 0.25) is 0 Å². The van der Waals surface area contributed by atoms with Gasteiger partial charge in [-0.05, 0) is 80.0 Å². The van der Waals surface area contributed by atoms with Crippen LogP contribution in [0, 0.1) is 13.8 Å². The lowest BCUT2D eigenvalue weighted by atomic mass is 9.92. The van der Waals surface area contributed by atoms with Gasteiger partial charge >= 0.3 is 0 Å². The van der Waals surface area contributed by atoms with Crippen LogP contribution >= 0.6 is 0 Å². The van der Waals surface area contributed by atoms with Crippen LogP contribution in [0.5, 0.6) is 5.75 Å². The number of hydrogen-bond donors (Lipinski definition) is 1. The van der Waals surface area contributed by atoms with Gasteiger partial charge in [-0.25, -0.2) is 0 Å². The van der Waals surface area contributed by atoms with E-state index < -0.39 is 0 Å². The number of nitrogens with one attached hydrogen (secondary N) is 1. The van der Waals surface area contributed by atoms with E-state index in [4.69, 9.17) is 4.74 Å². The van der Waals surface area contributed by atoms with Gasteiger partial charge in [-0.2, -0.15) is 0 Å². The number of rotatable bonds is 4. The number of amides is 1. The molecule has 120 valence electrons. The molecule has 0 atom stereocenters. The van der Waals surface area contributed by atoms with Crippen molar-refractivity contribution >= 4 is 11.6 Å². The van der Waals surface area contributed by atoms with Crippen molar-refractivity contribution < 1.29 is 9.53 Å². The van der Waals surface area contributed by atoms with Crippen LogP contribution < -0.4 is 10.1 Å². The Kier molecular flexibility index (Phi) is 4.65. The monoisotopic (exact) mass is 309 g/mol. The van der Waals surface area contributed by atoms with Crippen LogP contribution in [-0.2, 0) is 17.6 Å². The smallest absolute Gasteiger partial charge is 0.262 e. The number of carbonyl (C=O) groups excluding carboxylic acids is 1. The topological polar surface area (TPSA) is 38.3 Å². The van der Waals surface area contributed by atoms with E-state index in [-0.39, 0.29) is 12.5 Å². The van der Waals surface area contributed by atoms with Crippen LogP contribution in [0.25, 0.3) is 0 Å². The van der Waals surface area contributed by atoms with Gasteiger partial charge in [0.25, 0.3) is 5.91 Å². The zero-order valence-corrected chi connectivity index (χ0v) is 13.8. The van der Waals surface area contributed by atoms with E-state index in [1.165, 1.54) is 24.0 Å². The Morgan fingerprint density at radius 2 is 1.83 bits per heavy atom. The molecule has 0 aromatic heterocycles. The maximum absolute atomic E-state index is 12.1. The molecule has 0 fully saturated rings. The second-order valence-corrected chi connectivity index (χ2v) is 6.29. The Bertz CT molecular complexity index is 722. The molecule has 0 heterocycles. The summed E-state index contributed by atoms with van der Waals surface area (Å²) in [4.78, 5) is 12.1. The number of ether oxygens (including phenoxy) is 1. The number of benzene rings is 2. The summed E-state index contributed by atoms with van der Waals surface area (Å²) in [5.41, 5.74) is 5.82. The SMILES string of the molecule is Cc1ccc(C)c(NC(=O)COc2ccc3c(c2)CCCC3)c1. The molecular weight excluding hydrogens is 286 g/mol. The number of anilines is 1. The van der Waals surface area contributed by atoms with Gasteiger partial charge in [-0.15, -0.1) is 0 Å². The highest BCUT2D eigenvalue weighted by molar-refractivity contribution is 5.92. The molecule has 0 saturated heterocycles. The van der Waals surface area contributed by atoms with Crippen molar-refractivity contribution in [2.45, 2.75) is 39.5 Å². The van der Waals surface area contributed by atoms with E-state index in [9.17, 15) is 4.79 Å². The fraction of sp³-hybridized carbons (Fsp3) is 0.350. The van der Waals surface area contributed by atoms with Gasteiger partial charge in [0.2, 0.25) is 0 Å². The Morgan fingerprint density at radius 3 is 2.65 bits per heavy atom. The molecular formula is C20H23NO2. The molecule has 2 aromatic rings. The molecule has 3 heteroatoms. The van der Waals surface area contributed by atoms with Gasteiger partial charge < -0.3 is 10.1 Å². The average molecular weight is 309 g/mol. The summed E-state index contributed by atoms with van der Waals surface area (Å²) >= 11 is 0. The third kappa shape index (κ3) is 3.92. The fourth-order valence-corrected chi connectivity index (χ4v) is 3.01. The third-order valence-corrected chi connectivity index (χ3v) is 4.36. The summed E-state index contributed by atoms with van der Waals surface area (Å²) in [6.07, 6.45) is 4.78. The minimum Gasteiger partial charge on any atom is -0.484 e. The molecule has 0 spiro atoms. The molecule has 0 bridgehead atoms. The van der Waals surface area contributed by atoms with Gasteiger partial charge in [0.05, 0.1) is 0 Å². The summed E-state index contributed by atoms with van der Waals surface area (Å²) in [7, 11) is 0. The highest BCUT2D eigenvalue weighted by atomic mass is 16.5. The highest BCUT2D eigenvalue weighted by Crippen LogP contribution is 2.25. The standard InChI is InChI=1S/C20H23NO2/c1-14-7-8-15(2)19(11-14)21-20(22)13-23-18-10-9-16-5-3-4-6-17(16)12-18/h7-12H,3-6,13H2,1-2H3,(H,21,22). The minimum atomic E-state index is -0.128. The molecule has 0 aliphatic heterocycles. The maximum Gasteiger partial charge on any atom is 0.262 e.